The van der Waals surface area contributed by atoms with Gasteiger partial charge in [0.1, 0.15) is 12.4 Å². The zero-order valence-corrected chi connectivity index (χ0v) is 12.6. The lowest BCUT2D eigenvalue weighted by Crippen LogP contribution is -2.16. The Morgan fingerprint density at radius 3 is 2.86 bits per heavy atom. The average Bonchev–Trinajstić information content (AvgIpc) is 3.19. The Morgan fingerprint density at radius 1 is 1.33 bits per heavy atom. The summed E-state index contributed by atoms with van der Waals surface area (Å²) >= 11 is 0. The summed E-state index contributed by atoms with van der Waals surface area (Å²) in [7, 11) is 0. The van der Waals surface area contributed by atoms with Gasteiger partial charge in [-0.05, 0) is 38.8 Å². The Labute approximate surface area is 125 Å². The van der Waals surface area contributed by atoms with Crippen LogP contribution in [0.25, 0.3) is 0 Å². The zero-order valence-electron chi connectivity index (χ0n) is 12.6. The predicted molar refractivity (Wildman–Crippen MR) is 81.0 cm³/mol. The third kappa shape index (κ3) is 3.82. The molecule has 1 fully saturated rings. The van der Waals surface area contributed by atoms with Crippen molar-refractivity contribution < 1.29 is 4.74 Å². The minimum Gasteiger partial charge on any atom is -0.486 e. The molecular weight excluding hydrogens is 264 g/mol. The minimum absolute atomic E-state index is 0.389. The summed E-state index contributed by atoms with van der Waals surface area (Å²) in [6.07, 6.45) is 8.07. The van der Waals surface area contributed by atoms with E-state index in [-0.39, 0.29) is 0 Å². The molecule has 2 heterocycles. The van der Waals surface area contributed by atoms with E-state index in [2.05, 4.69) is 33.7 Å². The molecule has 1 aliphatic carbocycles. The Hall–Kier alpha value is -1.88. The van der Waals surface area contributed by atoms with E-state index in [1.54, 1.807) is 6.20 Å². The van der Waals surface area contributed by atoms with Crippen molar-refractivity contribution in [2.24, 2.45) is 0 Å². The Morgan fingerprint density at radius 2 is 2.19 bits per heavy atom. The van der Waals surface area contributed by atoms with Gasteiger partial charge in [-0.3, -0.25) is 4.98 Å². The number of pyridine rings is 1. The van der Waals surface area contributed by atoms with E-state index < -0.39 is 0 Å². The number of hydrogen-bond donors (Lipinski definition) is 1. The lowest BCUT2D eigenvalue weighted by molar-refractivity contribution is 0.290. The molecule has 5 nitrogen and oxygen atoms in total. The van der Waals surface area contributed by atoms with Crippen LogP contribution in [0.2, 0.25) is 0 Å². The van der Waals surface area contributed by atoms with E-state index in [1.165, 1.54) is 12.8 Å². The van der Waals surface area contributed by atoms with Gasteiger partial charge in [0.25, 0.3) is 0 Å². The van der Waals surface area contributed by atoms with Crippen LogP contribution in [0.3, 0.4) is 0 Å². The summed E-state index contributed by atoms with van der Waals surface area (Å²) < 4.78 is 7.90. The highest BCUT2D eigenvalue weighted by Crippen LogP contribution is 2.19. The molecule has 112 valence electrons. The van der Waals surface area contributed by atoms with Crippen LogP contribution in [0.4, 0.5) is 0 Å². The van der Waals surface area contributed by atoms with Crippen molar-refractivity contribution in [3.8, 4) is 5.75 Å². The molecule has 2 aromatic heterocycles. The summed E-state index contributed by atoms with van der Waals surface area (Å²) in [5, 5.41) is 3.45. The number of rotatable bonds is 7. The van der Waals surface area contributed by atoms with Crippen molar-refractivity contribution in [1.29, 1.82) is 0 Å². The Bertz CT molecular complexity index is 572. The second-order valence-corrected chi connectivity index (χ2v) is 5.82. The largest absolute Gasteiger partial charge is 0.486 e. The quantitative estimate of drug-likeness (QED) is 0.850. The summed E-state index contributed by atoms with van der Waals surface area (Å²) in [5.41, 5.74) is 2.13. The predicted octanol–water partition coefficient (Wildman–Crippen LogP) is 2.69. The Kier molecular flexibility index (Phi) is 4.20. The second-order valence-electron chi connectivity index (χ2n) is 5.82. The van der Waals surface area contributed by atoms with Crippen molar-refractivity contribution >= 4 is 0 Å². The molecule has 1 saturated carbocycles. The fourth-order valence-electron chi connectivity index (χ4n) is 2.20. The van der Waals surface area contributed by atoms with Crippen LogP contribution in [0.5, 0.6) is 5.75 Å². The summed E-state index contributed by atoms with van der Waals surface area (Å²) in [6, 6.07) is 5.09. The molecule has 0 aliphatic heterocycles. The van der Waals surface area contributed by atoms with Crippen molar-refractivity contribution in [3.05, 3.63) is 42.2 Å². The molecule has 21 heavy (non-hydrogen) atoms. The molecule has 0 amide bonds. The average molecular weight is 286 g/mol. The van der Waals surface area contributed by atoms with Crippen molar-refractivity contribution in [1.82, 2.24) is 19.9 Å². The van der Waals surface area contributed by atoms with Crippen LogP contribution in [-0.2, 0) is 13.2 Å². The molecule has 0 bridgehead atoms. The fraction of sp³-hybridized carbons (Fsp3) is 0.500. The maximum atomic E-state index is 5.79. The third-order valence-corrected chi connectivity index (χ3v) is 3.64. The van der Waals surface area contributed by atoms with E-state index in [0.717, 1.165) is 23.7 Å². The molecule has 0 radical (unpaired) electrons. The number of nitrogens with zero attached hydrogens (tertiary/aromatic N) is 3. The maximum absolute atomic E-state index is 5.79. The standard InChI is InChI=1S/C16H22N4O/c1-12(2)20-11-17-8-15(20)10-21-16-6-5-14(19-9-16)7-18-13-3-4-13/h5-6,8-9,11-13,18H,3-4,7,10H2,1-2H3. The lowest BCUT2D eigenvalue weighted by Gasteiger charge is -2.12. The first-order chi connectivity index (χ1) is 10.2. The van der Waals surface area contributed by atoms with Crippen molar-refractivity contribution in [2.45, 2.75) is 51.9 Å². The smallest absolute Gasteiger partial charge is 0.138 e. The van der Waals surface area contributed by atoms with Gasteiger partial charge >= 0.3 is 0 Å². The van der Waals surface area contributed by atoms with Gasteiger partial charge < -0.3 is 14.6 Å². The van der Waals surface area contributed by atoms with E-state index in [1.807, 2.05) is 24.7 Å². The van der Waals surface area contributed by atoms with Crippen molar-refractivity contribution in [3.63, 3.8) is 0 Å². The summed E-state index contributed by atoms with van der Waals surface area (Å²) in [6.45, 7) is 5.62. The van der Waals surface area contributed by atoms with Gasteiger partial charge in [-0.25, -0.2) is 4.98 Å². The monoisotopic (exact) mass is 286 g/mol. The summed E-state index contributed by atoms with van der Waals surface area (Å²) in [4.78, 5) is 8.60. The first-order valence-corrected chi connectivity index (χ1v) is 7.54. The molecule has 2 aromatic rings. The number of aromatic nitrogens is 3. The normalized spacial score (nSPS) is 14.6. The van der Waals surface area contributed by atoms with Gasteiger partial charge in [-0.15, -0.1) is 0 Å². The lowest BCUT2D eigenvalue weighted by atomic mass is 10.3. The molecule has 5 heteroatoms. The fourth-order valence-corrected chi connectivity index (χ4v) is 2.20. The van der Waals surface area contributed by atoms with Crippen LogP contribution >= 0.6 is 0 Å². The number of nitrogens with one attached hydrogen (secondary N) is 1. The van der Waals surface area contributed by atoms with Gasteiger partial charge in [-0.1, -0.05) is 0 Å². The van der Waals surface area contributed by atoms with E-state index >= 15 is 0 Å². The molecule has 0 atom stereocenters. The maximum Gasteiger partial charge on any atom is 0.138 e. The van der Waals surface area contributed by atoms with Crippen LogP contribution in [-0.4, -0.2) is 20.6 Å². The highest BCUT2D eigenvalue weighted by atomic mass is 16.5. The molecule has 1 aliphatic rings. The SMILES string of the molecule is CC(C)n1cncc1COc1ccc(CNC2CC2)nc1. The zero-order chi connectivity index (χ0) is 14.7. The summed E-state index contributed by atoms with van der Waals surface area (Å²) in [5.74, 6) is 0.793. The molecule has 0 spiro atoms. The van der Waals surface area contributed by atoms with Crippen LogP contribution in [0.1, 0.15) is 44.1 Å². The van der Waals surface area contributed by atoms with Gasteiger partial charge in [0.2, 0.25) is 0 Å². The third-order valence-electron chi connectivity index (χ3n) is 3.64. The van der Waals surface area contributed by atoms with Crippen molar-refractivity contribution in [2.75, 3.05) is 0 Å². The van der Waals surface area contributed by atoms with Gasteiger partial charge in [-0.2, -0.15) is 0 Å². The number of hydrogen-bond acceptors (Lipinski definition) is 4. The first-order valence-electron chi connectivity index (χ1n) is 7.54. The molecule has 0 unspecified atom stereocenters. The van der Waals surface area contributed by atoms with Gasteiger partial charge in [0.05, 0.1) is 30.1 Å². The molecule has 3 rings (SSSR count). The van der Waals surface area contributed by atoms with Gasteiger partial charge in [0, 0.05) is 18.6 Å². The highest BCUT2D eigenvalue weighted by Gasteiger charge is 2.20. The van der Waals surface area contributed by atoms with E-state index in [4.69, 9.17) is 4.74 Å². The highest BCUT2D eigenvalue weighted by molar-refractivity contribution is 5.20. The van der Waals surface area contributed by atoms with Gasteiger partial charge in [0.15, 0.2) is 0 Å². The second kappa shape index (κ2) is 6.26. The minimum atomic E-state index is 0.389. The Balaban J connectivity index is 1.53. The molecular formula is C16H22N4O. The molecule has 1 N–H and O–H groups in total. The van der Waals surface area contributed by atoms with Crippen LogP contribution in [0, 0.1) is 0 Å². The molecule has 0 saturated heterocycles. The van der Waals surface area contributed by atoms with Crippen LogP contribution in [0.15, 0.2) is 30.9 Å². The number of imidazole rings is 1. The molecule has 0 aromatic carbocycles. The van der Waals surface area contributed by atoms with E-state index in [0.29, 0.717) is 18.7 Å². The number of ether oxygens (including phenoxy) is 1. The van der Waals surface area contributed by atoms with E-state index in [9.17, 15) is 0 Å². The first kappa shape index (κ1) is 14.1. The van der Waals surface area contributed by atoms with Crippen LogP contribution < -0.4 is 10.1 Å². The topological polar surface area (TPSA) is 52.0 Å².